The summed E-state index contributed by atoms with van der Waals surface area (Å²) in [6, 6.07) is 0.324. The summed E-state index contributed by atoms with van der Waals surface area (Å²) in [7, 11) is 4.01. The summed E-state index contributed by atoms with van der Waals surface area (Å²) in [6.07, 6.45) is 1.13. The first-order valence-corrected chi connectivity index (χ1v) is 3.90. The third-order valence-electron chi connectivity index (χ3n) is 2.15. The van der Waals surface area contributed by atoms with Crippen LogP contribution in [0.3, 0.4) is 0 Å². The highest BCUT2D eigenvalue weighted by Gasteiger charge is 2.15. The van der Waals surface area contributed by atoms with Gasteiger partial charge in [-0.25, -0.2) is 0 Å². The zero-order valence-electron chi connectivity index (χ0n) is 7.46. The van der Waals surface area contributed by atoms with Crippen LogP contribution in [0.25, 0.3) is 0 Å². The number of aliphatic hydroxyl groups excluding tert-OH is 1. The summed E-state index contributed by atoms with van der Waals surface area (Å²) in [4.78, 5) is 2.08. The van der Waals surface area contributed by atoms with Crippen LogP contribution in [0.1, 0.15) is 20.3 Å². The Balaban J connectivity index is 3.80. The van der Waals surface area contributed by atoms with Gasteiger partial charge >= 0.3 is 0 Å². The summed E-state index contributed by atoms with van der Waals surface area (Å²) >= 11 is 0. The molecule has 0 saturated carbocycles. The number of nitrogens with zero attached hydrogens (tertiary/aromatic N) is 1. The van der Waals surface area contributed by atoms with Gasteiger partial charge in [0.1, 0.15) is 0 Å². The van der Waals surface area contributed by atoms with Crippen molar-refractivity contribution in [1.82, 2.24) is 4.90 Å². The van der Waals surface area contributed by atoms with Crippen molar-refractivity contribution < 1.29 is 5.11 Å². The molecular weight excluding hydrogens is 126 g/mol. The van der Waals surface area contributed by atoms with Crippen LogP contribution in [0.2, 0.25) is 0 Å². The van der Waals surface area contributed by atoms with Crippen LogP contribution in [0.5, 0.6) is 0 Å². The molecule has 2 heteroatoms. The summed E-state index contributed by atoms with van der Waals surface area (Å²) in [5.74, 6) is 0.583. The molecule has 0 heterocycles. The third kappa shape index (κ3) is 2.67. The molecule has 0 aliphatic rings. The van der Waals surface area contributed by atoms with Gasteiger partial charge in [-0.1, -0.05) is 20.3 Å². The van der Waals surface area contributed by atoms with Gasteiger partial charge < -0.3 is 10.0 Å². The van der Waals surface area contributed by atoms with Crippen LogP contribution in [0, 0.1) is 5.92 Å². The molecule has 0 aromatic carbocycles. The van der Waals surface area contributed by atoms with E-state index in [1.807, 2.05) is 14.1 Å². The molecule has 2 unspecified atom stereocenters. The molecule has 0 rings (SSSR count). The first-order chi connectivity index (χ1) is 4.63. The largest absolute Gasteiger partial charge is 0.395 e. The zero-order valence-corrected chi connectivity index (χ0v) is 7.46. The van der Waals surface area contributed by atoms with Crippen LogP contribution in [-0.4, -0.2) is 36.8 Å². The minimum atomic E-state index is 0.266. The van der Waals surface area contributed by atoms with Gasteiger partial charge in [0, 0.05) is 6.04 Å². The van der Waals surface area contributed by atoms with Gasteiger partial charge in [-0.05, 0) is 20.0 Å². The number of rotatable bonds is 4. The Kier molecular flexibility index (Phi) is 4.65. The maximum atomic E-state index is 8.96. The van der Waals surface area contributed by atoms with Crippen LogP contribution in [0.4, 0.5) is 0 Å². The lowest BCUT2D eigenvalue weighted by molar-refractivity contribution is 0.125. The van der Waals surface area contributed by atoms with Crippen molar-refractivity contribution in [2.24, 2.45) is 5.92 Å². The molecule has 0 aliphatic carbocycles. The van der Waals surface area contributed by atoms with E-state index in [0.29, 0.717) is 12.0 Å². The Hall–Kier alpha value is -0.0800. The molecule has 0 amide bonds. The summed E-state index contributed by atoms with van der Waals surface area (Å²) < 4.78 is 0. The highest BCUT2D eigenvalue weighted by molar-refractivity contribution is 4.70. The lowest BCUT2D eigenvalue weighted by Gasteiger charge is -2.27. The normalized spacial score (nSPS) is 17.4. The maximum absolute atomic E-state index is 8.96. The van der Waals surface area contributed by atoms with E-state index in [-0.39, 0.29) is 6.61 Å². The number of hydrogen-bond acceptors (Lipinski definition) is 2. The van der Waals surface area contributed by atoms with Crippen molar-refractivity contribution in [2.75, 3.05) is 20.7 Å². The van der Waals surface area contributed by atoms with Crippen LogP contribution < -0.4 is 0 Å². The molecule has 0 saturated heterocycles. The van der Waals surface area contributed by atoms with Crippen molar-refractivity contribution in [1.29, 1.82) is 0 Å². The van der Waals surface area contributed by atoms with Gasteiger partial charge in [-0.3, -0.25) is 0 Å². The second-order valence-electron chi connectivity index (χ2n) is 3.10. The van der Waals surface area contributed by atoms with E-state index in [0.717, 1.165) is 6.42 Å². The van der Waals surface area contributed by atoms with E-state index in [1.165, 1.54) is 0 Å². The van der Waals surface area contributed by atoms with Gasteiger partial charge in [-0.15, -0.1) is 0 Å². The molecule has 2 nitrogen and oxygen atoms in total. The smallest absolute Gasteiger partial charge is 0.0589 e. The van der Waals surface area contributed by atoms with E-state index in [1.54, 1.807) is 0 Å². The van der Waals surface area contributed by atoms with Crippen molar-refractivity contribution in [3.05, 3.63) is 0 Å². The molecule has 0 fully saturated rings. The van der Waals surface area contributed by atoms with E-state index < -0.39 is 0 Å². The van der Waals surface area contributed by atoms with Gasteiger partial charge in [-0.2, -0.15) is 0 Å². The Morgan fingerprint density at radius 1 is 1.40 bits per heavy atom. The lowest BCUT2D eigenvalue weighted by Crippen LogP contribution is -2.36. The molecule has 0 spiro atoms. The molecule has 62 valence electrons. The van der Waals surface area contributed by atoms with Crippen molar-refractivity contribution in [3.8, 4) is 0 Å². The van der Waals surface area contributed by atoms with Crippen molar-refractivity contribution in [3.63, 3.8) is 0 Å². The number of likely N-dealkylation sites (N-methyl/N-ethyl adjacent to an activating group) is 1. The first-order valence-electron chi connectivity index (χ1n) is 3.90. The number of hydrogen-bond donors (Lipinski definition) is 1. The highest BCUT2D eigenvalue weighted by atomic mass is 16.3. The molecule has 0 aliphatic heterocycles. The Morgan fingerprint density at radius 3 is 2.00 bits per heavy atom. The van der Waals surface area contributed by atoms with Crippen molar-refractivity contribution >= 4 is 0 Å². The minimum absolute atomic E-state index is 0.266. The molecule has 0 bridgehead atoms. The van der Waals surface area contributed by atoms with Crippen molar-refractivity contribution in [2.45, 2.75) is 26.3 Å². The summed E-state index contributed by atoms with van der Waals surface area (Å²) in [6.45, 7) is 4.58. The standard InChI is InChI=1S/C8H19NO/c1-5-7(2)8(6-10)9(3)4/h7-8,10H,5-6H2,1-4H3. The molecule has 0 aromatic rings. The maximum Gasteiger partial charge on any atom is 0.0589 e. The predicted octanol–water partition coefficient (Wildman–Crippen LogP) is 0.955. The monoisotopic (exact) mass is 145 g/mol. The van der Waals surface area contributed by atoms with Gasteiger partial charge in [0.15, 0.2) is 0 Å². The second-order valence-corrected chi connectivity index (χ2v) is 3.10. The van der Waals surface area contributed by atoms with Gasteiger partial charge in [0.25, 0.3) is 0 Å². The first kappa shape index (κ1) is 9.92. The lowest BCUT2D eigenvalue weighted by atomic mass is 9.99. The quantitative estimate of drug-likeness (QED) is 0.637. The van der Waals surface area contributed by atoms with Crippen LogP contribution in [-0.2, 0) is 0 Å². The van der Waals surface area contributed by atoms with E-state index in [9.17, 15) is 0 Å². The molecule has 10 heavy (non-hydrogen) atoms. The summed E-state index contributed by atoms with van der Waals surface area (Å²) in [5, 5.41) is 8.96. The Labute approximate surface area is 63.8 Å². The Morgan fingerprint density at radius 2 is 1.90 bits per heavy atom. The Bertz CT molecular complexity index is 83.3. The molecule has 0 radical (unpaired) electrons. The van der Waals surface area contributed by atoms with E-state index in [4.69, 9.17) is 5.11 Å². The molecular formula is C8H19NO. The fourth-order valence-corrected chi connectivity index (χ4v) is 1.12. The van der Waals surface area contributed by atoms with Gasteiger partial charge in [0.2, 0.25) is 0 Å². The SMILES string of the molecule is CCC(C)C(CO)N(C)C. The van der Waals surface area contributed by atoms with Crippen LogP contribution >= 0.6 is 0 Å². The van der Waals surface area contributed by atoms with Gasteiger partial charge in [0.05, 0.1) is 6.61 Å². The third-order valence-corrected chi connectivity index (χ3v) is 2.15. The fourth-order valence-electron chi connectivity index (χ4n) is 1.12. The molecule has 0 aromatic heterocycles. The van der Waals surface area contributed by atoms with Crippen LogP contribution in [0.15, 0.2) is 0 Å². The second kappa shape index (κ2) is 4.69. The zero-order chi connectivity index (χ0) is 8.15. The van der Waals surface area contributed by atoms with E-state index in [2.05, 4.69) is 18.7 Å². The number of aliphatic hydroxyl groups is 1. The average molecular weight is 145 g/mol. The van der Waals surface area contributed by atoms with E-state index >= 15 is 0 Å². The topological polar surface area (TPSA) is 23.5 Å². The fraction of sp³-hybridized carbons (Fsp3) is 1.00. The molecule has 1 N–H and O–H groups in total. The predicted molar refractivity (Wildman–Crippen MR) is 44.0 cm³/mol. The minimum Gasteiger partial charge on any atom is -0.395 e. The molecule has 2 atom stereocenters. The highest BCUT2D eigenvalue weighted by Crippen LogP contribution is 2.10. The average Bonchev–Trinajstić information content (AvgIpc) is 1.88. The summed E-state index contributed by atoms with van der Waals surface area (Å²) in [5.41, 5.74) is 0.